The van der Waals surface area contributed by atoms with E-state index in [0.717, 1.165) is 0 Å². The molecular formula is C19H18N3O3S+. The Morgan fingerprint density at radius 2 is 2.15 bits per heavy atom. The smallest absolute Gasteiger partial charge is 0.287 e. The number of benzene rings is 1. The van der Waals surface area contributed by atoms with Crippen LogP contribution in [-0.4, -0.2) is 29.2 Å². The van der Waals surface area contributed by atoms with Crippen LogP contribution in [0.2, 0.25) is 0 Å². The van der Waals surface area contributed by atoms with Gasteiger partial charge in [-0.15, -0.1) is 6.58 Å². The van der Waals surface area contributed by atoms with E-state index < -0.39 is 0 Å². The van der Waals surface area contributed by atoms with Gasteiger partial charge < -0.3 is 20.5 Å². The number of rotatable bonds is 5. The Morgan fingerprint density at radius 3 is 2.88 bits per heavy atom. The van der Waals surface area contributed by atoms with Crippen molar-refractivity contribution in [1.29, 1.82) is 0 Å². The topological polar surface area (TPSA) is 74.5 Å². The molecule has 0 fully saturated rings. The molecule has 6 nitrogen and oxygen atoms in total. The van der Waals surface area contributed by atoms with Gasteiger partial charge in [-0.05, 0) is 18.2 Å². The minimum absolute atomic E-state index is 0.0190. The number of nitrogens with one attached hydrogen (secondary N) is 2. The van der Waals surface area contributed by atoms with E-state index in [1.165, 1.54) is 0 Å². The molecule has 1 aromatic carbocycles. The summed E-state index contributed by atoms with van der Waals surface area (Å²) in [6.07, 6.45) is 5.26. The molecule has 1 aliphatic heterocycles. The van der Waals surface area contributed by atoms with Gasteiger partial charge in [0.1, 0.15) is 5.75 Å². The molecule has 0 saturated heterocycles. The zero-order chi connectivity index (χ0) is 18.5. The molecular weight excluding hydrogens is 350 g/mol. The molecule has 0 spiro atoms. The molecule has 26 heavy (non-hydrogen) atoms. The standard InChI is InChI=1S/C19H17N3O3S/c1-2-8-20-19(26)17(22-9-4-3-5-10-22)18(24)13-6-7-15-14(11-13)21-16(23)12-25-15/h2-7,9-11H,1,8,12H2,(H2-,20,21,23,24,26)/p+1. The quantitative estimate of drug-likeness (QED) is 0.248. The van der Waals surface area contributed by atoms with Crippen LogP contribution >= 0.6 is 12.2 Å². The van der Waals surface area contributed by atoms with E-state index >= 15 is 0 Å². The number of hydrogen-bond donors (Lipinski definition) is 3. The number of thiocarbonyl (C=S) groups is 1. The lowest BCUT2D eigenvalue weighted by Gasteiger charge is -2.18. The zero-order valence-corrected chi connectivity index (χ0v) is 14.8. The third-order valence-corrected chi connectivity index (χ3v) is 4.04. The molecule has 0 saturated carbocycles. The number of hydrogen-bond acceptors (Lipinski definition) is 4. The van der Waals surface area contributed by atoms with Crippen molar-refractivity contribution in [2.24, 2.45) is 0 Å². The molecule has 0 unspecified atom stereocenters. The molecule has 132 valence electrons. The lowest BCUT2D eigenvalue weighted by atomic mass is 10.1. The van der Waals surface area contributed by atoms with Crippen LogP contribution in [0.3, 0.4) is 0 Å². The Morgan fingerprint density at radius 1 is 1.38 bits per heavy atom. The van der Waals surface area contributed by atoms with Crippen molar-refractivity contribution in [1.82, 2.24) is 5.32 Å². The molecule has 0 radical (unpaired) electrons. The number of nitrogens with zero attached hydrogens (tertiary/aromatic N) is 1. The van der Waals surface area contributed by atoms with E-state index in [1.54, 1.807) is 41.2 Å². The first kappa shape index (κ1) is 17.6. The molecule has 1 aliphatic rings. The molecule has 1 aromatic heterocycles. The average molecular weight is 368 g/mol. The highest BCUT2D eigenvalue weighted by molar-refractivity contribution is 7.81. The van der Waals surface area contributed by atoms with Crippen LogP contribution in [0.15, 0.2) is 61.4 Å². The van der Waals surface area contributed by atoms with Crippen LogP contribution < -0.4 is 19.9 Å². The van der Waals surface area contributed by atoms with Gasteiger partial charge in [0.2, 0.25) is 0 Å². The molecule has 1 amide bonds. The van der Waals surface area contributed by atoms with Gasteiger partial charge in [-0.25, -0.2) is 0 Å². The van der Waals surface area contributed by atoms with Crippen LogP contribution in [0.1, 0.15) is 5.56 Å². The SMILES string of the molecule is C=CCNC(=S)/C(=C(\O)c1ccc2c(c1)NC(=O)CO2)[n+]1ccccc1. The lowest BCUT2D eigenvalue weighted by Crippen LogP contribution is -2.40. The summed E-state index contributed by atoms with van der Waals surface area (Å²) >= 11 is 5.45. The van der Waals surface area contributed by atoms with Crippen molar-refractivity contribution < 1.29 is 19.2 Å². The Hall–Kier alpha value is -3.19. The second-order valence-corrected chi connectivity index (χ2v) is 5.93. The largest absolute Gasteiger partial charge is 0.502 e. The maximum absolute atomic E-state index is 11.5. The number of aliphatic hydroxyl groups excluding tert-OH is 1. The first-order valence-electron chi connectivity index (χ1n) is 7.96. The summed E-state index contributed by atoms with van der Waals surface area (Å²) in [5.74, 6) is 0.298. The van der Waals surface area contributed by atoms with Gasteiger partial charge in [0.05, 0.1) is 5.69 Å². The first-order valence-corrected chi connectivity index (χ1v) is 8.37. The number of amides is 1. The third kappa shape index (κ3) is 3.73. The van der Waals surface area contributed by atoms with Gasteiger partial charge >= 0.3 is 0 Å². The van der Waals surface area contributed by atoms with Crippen molar-refractivity contribution in [2.75, 3.05) is 18.5 Å². The van der Waals surface area contributed by atoms with Crippen LogP contribution in [0, 0.1) is 0 Å². The fourth-order valence-corrected chi connectivity index (χ4v) is 2.80. The number of carbonyl (C=O) groups excluding carboxylic acids is 1. The van der Waals surface area contributed by atoms with E-state index in [0.29, 0.717) is 34.2 Å². The second-order valence-electron chi connectivity index (χ2n) is 5.53. The van der Waals surface area contributed by atoms with Gasteiger partial charge in [0, 0.05) is 24.2 Å². The number of aromatic nitrogens is 1. The van der Waals surface area contributed by atoms with E-state index in [4.69, 9.17) is 17.0 Å². The predicted octanol–water partition coefficient (Wildman–Crippen LogP) is 2.29. The summed E-state index contributed by atoms with van der Waals surface area (Å²) in [5.41, 5.74) is 1.43. The Bertz CT molecular complexity index is 894. The van der Waals surface area contributed by atoms with Crippen LogP contribution in [-0.2, 0) is 4.79 Å². The summed E-state index contributed by atoms with van der Waals surface area (Å²) in [6, 6.07) is 10.6. The summed E-state index contributed by atoms with van der Waals surface area (Å²) < 4.78 is 7.08. The highest BCUT2D eigenvalue weighted by atomic mass is 32.1. The minimum Gasteiger partial charge on any atom is -0.502 e. The van der Waals surface area contributed by atoms with E-state index in [-0.39, 0.29) is 18.3 Å². The third-order valence-electron chi connectivity index (χ3n) is 3.71. The van der Waals surface area contributed by atoms with Crippen molar-refractivity contribution in [3.63, 3.8) is 0 Å². The number of aliphatic hydroxyl groups is 1. The number of anilines is 1. The van der Waals surface area contributed by atoms with Gasteiger partial charge in [0.15, 0.2) is 29.7 Å². The number of carbonyl (C=O) groups is 1. The molecule has 0 aliphatic carbocycles. The molecule has 3 N–H and O–H groups in total. The molecule has 0 atom stereocenters. The van der Waals surface area contributed by atoms with Crippen molar-refractivity contribution >= 4 is 40.3 Å². The molecule has 7 heteroatoms. The van der Waals surface area contributed by atoms with Gasteiger partial charge in [-0.1, -0.05) is 24.4 Å². The highest BCUT2D eigenvalue weighted by Gasteiger charge is 2.24. The summed E-state index contributed by atoms with van der Waals surface area (Å²) in [5, 5.41) is 16.7. The fraction of sp³-hybridized carbons (Fsp3) is 0.105. The molecule has 2 aromatic rings. The fourth-order valence-electron chi connectivity index (χ4n) is 2.51. The normalized spacial score (nSPS) is 13.6. The average Bonchev–Trinajstić information content (AvgIpc) is 2.66. The van der Waals surface area contributed by atoms with Gasteiger partial charge in [0.25, 0.3) is 11.6 Å². The lowest BCUT2D eigenvalue weighted by molar-refractivity contribution is -0.576. The summed E-state index contributed by atoms with van der Waals surface area (Å²) in [7, 11) is 0. The van der Waals surface area contributed by atoms with Crippen molar-refractivity contribution in [2.45, 2.75) is 0 Å². The van der Waals surface area contributed by atoms with Crippen LogP contribution in [0.5, 0.6) is 5.75 Å². The minimum atomic E-state index is -0.237. The van der Waals surface area contributed by atoms with Crippen LogP contribution in [0.4, 0.5) is 5.69 Å². The van der Waals surface area contributed by atoms with Gasteiger partial charge in [-0.3, -0.25) is 4.79 Å². The van der Waals surface area contributed by atoms with Crippen molar-refractivity contribution in [3.05, 3.63) is 67.0 Å². The Balaban J connectivity index is 2.07. The maximum atomic E-state index is 11.5. The number of fused-ring (bicyclic) bond motifs is 1. The second kappa shape index (κ2) is 7.79. The van der Waals surface area contributed by atoms with Crippen LogP contribution in [0.25, 0.3) is 11.5 Å². The van der Waals surface area contributed by atoms with Crippen molar-refractivity contribution in [3.8, 4) is 5.75 Å². The van der Waals surface area contributed by atoms with E-state index in [9.17, 15) is 9.90 Å². The molecule has 2 heterocycles. The van der Waals surface area contributed by atoms with E-state index in [2.05, 4.69) is 17.2 Å². The molecule has 3 rings (SSSR count). The number of ether oxygens (including phenoxy) is 1. The Kier molecular flexibility index (Phi) is 5.28. The first-order chi connectivity index (χ1) is 12.6. The maximum Gasteiger partial charge on any atom is 0.287 e. The highest BCUT2D eigenvalue weighted by Crippen LogP contribution is 2.31. The van der Waals surface area contributed by atoms with Gasteiger partial charge in [-0.2, -0.15) is 4.57 Å². The van der Waals surface area contributed by atoms with E-state index in [1.807, 2.05) is 18.2 Å². The zero-order valence-electron chi connectivity index (χ0n) is 13.9. The Labute approximate surface area is 156 Å². The monoisotopic (exact) mass is 368 g/mol. The summed E-state index contributed by atoms with van der Waals surface area (Å²) in [6.45, 7) is 4.11. The summed E-state index contributed by atoms with van der Waals surface area (Å²) in [4.78, 5) is 11.9. The predicted molar refractivity (Wildman–Crippen MR) is 104 cm³/mol. The molecule has 0 bridgehead atoms. The number of pyridine rings is 1.